The van der Waals surface area contributed by atoms with E-state index in [1.165, 1.54) is 0 Å². The Labute approximate surface area is 130 Å². The Balaban J connectivity index is 2.71. The van der Waals surface area contributed by atoms with Gasteiger partial charge in [0.05, 0.1) is 11.3 Å². The van der Waals surface area contributed by atoms with Gasteiger partial charge < -0.3 is 10.8 Å². The van der Waals surface area contributed by atoms with Gasteiger partial charge >= 0.3 is 5.97 Å². The fraction of sp³-hybridized carbons (Fsp3) is 0.0667. The van der Waals surface area contributed by atoms with E-state index >= 15 is 0 Å². The molecule has 0 fully saturated rings. The van der Waals surface area contributed by atoms with Crippen LogP contribution in [0.3, 0.4) is 0 Å². The zero-order valence-corrected chi connectivity index (χ0v) is 12.1. The third-order valence-corrected chi connectivity index (χ3v) is 3.77. The largest absolute Gasteiger partial charge is 0.481 e. The van der Waals surface area contributed by atoms with Crippen molar-refractivity contribution in [2.75, 3.05) is 11.5 Å². The normalized spacial score (nSPS) is 9.73. The van der Waals surface area contributed by atoms with Crippen molar-refractivity contribution in [1.82, 2.24) is 4.98 Å². The molecule has 7 heteroatoms. The molecule has 1 aromatic heterocycles. The molecule has 1 aromatic carbocycles. The fourth-order valence-corrected chi connectivity index (χ4v) is 2.64. The monoisotopic (exact) mass is 310 g/mol. The quantitative estimate of drug-likeness (QED) is 0.830. The summed E-state index contributed by atoms with van der Waals surface area (Å²) in [6, 6.07) is 12.8. The van der Waals surface area contributed by atoms with Crippen LogP contribution in [0.5, 0.6) is 0 Å². The number of rotatable bonds is 4. The van der Waals surface area contributed by atoms with Gasteiger partial charge in [-0.05, 0) is 5.56 Å². The Bertz CT molecular complexity index is 807. The standard InChI is InChI=1S/C15H10N4O2S/c16-6-10-13(9-4-2-1-3-5-9)11(7-17)15(19-14(10)18)22-8-12(20)21/h1-5H,8H2,(H2,18,19)(H,20,21). The van der Waals surface area contributed by atoms with E-state index in [1.807, 2.05) is 18.2 Å². The number of aliphatic carboxylic acids is 1. The molecule has 0 saturated carbocycles. The lowest BCUT2D eigenvalue weighted by Crippen LogP contribution is -2.05. The minimum absolute atomic E-state index is 0.0201. The van der Waals surface area contributed by atoms with Crippen molar-refractivity contribution >= 4 is 23.5 Å². The summed E-state index contributed by atoms with van der Waals surface area (Å²) >= 11 is 0.899. The van der Waals surface area contributed by atoms with E-state index in [0.29, 0.717) is 11.1 Å². The second-order valence-corrected chi connectivity index (χ2v) is 5.16. The minimum Gasteiger partial charge on any atom is -0.481 e. The van der Waals surface area contributed by atoms with Crippen molar-refractivity contribution in [1.29, 1.82) is 10.5 Å². The molecule has 0 amide bonds. The summed E-state index contributed by atoms with van der Waals surface area (Å²) in [6.45, 7) is 0. The van der Waals surface area contributed by atoms with Crippen LogP contribution in [0.15, 0.2) is 35.4 Å². The first-order valence-electron chi connectivity index (χ1n) is 6.12. The molecule has 1 heterocycles. The molecule has 3 N–H and O–H groups in total. The highest BCUT2D eigenvalue weighted by molar-refractivity contribution is 7.99. The van der Waals surface area contributed by atoms with Gasteiger partial charge in [0.15, 0.2) is 0 Å². The predicted octanol–water partition coefficient (Wildman–Crippen LogP) is 2.25. The van der Waals surface area contributed by atoms with E-state index in [4.69, 9.17) is 10.8 Å². The average Bonchev–Trinajstić information content (AvgIpc) is 2.52. The summed E-state index contributed by atoms with van der Waals surface area (Å²) in [7, 11) is 0. The van der Waals surface area contributed by atoms with Gasteiger partial charge in [-0.2, -0.15) is 10.5 Å². The third kappa shape index (κ3) is 3.00. The van der Waals surface area contributed by atoms with Crippen LogP contribution in [0.25, 0.3) is 11.1 Å². The lowest BCUT2D eigenvalue weighted by Gasteiger charge is -2.12. The first kappa shape index (κ1) is 15.4. The van der Waals surface area contributed by atoms with Crippen molar-refractivity contribution < 1.29 is 9.90 Å². The summed E-state index contributed by atoms with van der Waals surface area (Å²) in [6.07, 6.45) is 0. The number of nitrogens with two attached hydrogens (primary N) is 1. The maximum absolute atomic E-state index is 10.7. The number of hydrogen-bond acceptors (Lipinski definition) is 6. The number of nitriles is 2. The number of aromatic nitrogens is 1. The SMILES string of the molecule is N#Cc1c(N)nc(SCC(=O)O)c(C#N)c1-c1ccccc1. The van der Waals surface area contributed by atoms with E-state index in [9.17, 15) is 15.3 Å². The molecular formula is C15H10N4O2S. The molecular weight excluding hydrogens is 300 g/mol. The van der Waals surface area contributed by atoms with Crippen LogP contribution in [-0.4, -0.2) is 21.8 Å². The number of hydrogen-bond donors (Lipinski definition) is 2. The zero-order valence-electron chi connectivity index (χ0n) is 11.3. The molecule has 0 radical (unpaired) electrons. The minimum atomic E-state index is -1.03. The first-order chi connectivity index (χ1) is 10.6. The lowest BCUT2D eigenvalue weighted by molar-refractivity contribution is -0.133. The van der Waals surface area contributed by atoms with E-state index < -0.39 is 5.97 Å². The predicted molar refractivity (Wildman–Crippen MR) is 81.9 cm³/mol. The van der Waals surface area contributed by atoms with Crippen LogP contribution in [0.1, 0.15) is 11.1 Å². The number of nitrogens with zero attached hydrogens (tertiary/aromatic N) is 3. The van der Waals surface area contributed by atoms with E-state index in [1.54, 1.807) is 24.3 Å². The highest BCUT2D eigenvalue weighted by Gasteiger charge is 2.20. The van der Waals surface area contributed by atoms with Crippen LogP contribution in [0.4, 0.5) is 5.82 Å². The summed E-state index contributed by atoms with van der Waals surface area (Å²) < 4.78 is 0. The Morgan fingerprint density at radius 2 is 1.86 bits per heavy atom. The summed E-state index contributed by atoms with van der Waals surface area (Å²) in [5.41, 5.74) is 7.10. The third-order valence-electron chi connectivity index (χ3n) is 2.81. The Kier molecular flexibility index (Phi) is 4.62. The van der Waals surface area contributed by atoms with Gasteiger partial charge in [0.25, 0.3) is 0 Å². The molecule has 22 heavy (non-hydrogen) atoms. The molecule has 0 spiro atoms. The highest BCUT2D eigenvalue weighted by Crippen LogP contribution is 2.35. The zero-order chi connectivity index (χ0) is 16.1. The summed E-state index contributed by atoms with van der Waals surface area (Å²) in [4.78, 5) is 14.7. The first-order valence-corrected chi connectivity index (χ1v) is 7.10. The van der Waals surface area contributed by atoms with E-state index in [-0.39, 0.29) is 27.7 Å². The topological polar surface area (TPSA) is 124 Å². The number of anilines is 1. The van der Waals surface area contributed by atoms with E-state index in [2.05, 4.69) is 4.98 Å². The van der Waals surface area contributed by atoms with Crippen molar-refractivity contribution in [2.24, 2.45) is 0 Å². The van der Waals surface area contributed by atoms with Crippen LogP contribution < -0.4 is 5.73 Å². The van der Waals surface area contributed by atoms with Gasteiger partial charge in [-0.25, -0.2) is 4.98 Å². The molecule has 108 valence electrons. The van der Waals surface area contributed by atoms with Crippen molar-refractivity contribution in [3.63, 3.8) is 0 Å². The number of carboxylic acid groups (broad SMARTS) is 1. The Morgan fingerprint density at radius 3 is 2.41 bits per heavy atom. The molecule has 2 rings (SSSR count). The van der Waals surface area contributed by atoms with Gasteiger partial charge in [-0.1, -0.05) is 42.1 Å². The number of nitrogen functional groups attached to an aromatic ring is 1. The average molecular weight is 310 g/mol. The molecule has 0 saturated heterocycles. The molecule has 0 atom stereocenters. The van der Waals surface area contributed by atoms with Crippen molar-refractivity contribution in [3.8, 4) is 23.3 Å². The van der Waals surface area contributed by atoms with Crippen LogP contribution in [-0.2, 0) is 4.79 Å². The summed E-state index contributed by atoms with van der Waals surface area (Å²) in [5, 5.41) is 27.7. The Hall–Kier alpha value is -3.03. The molecule has 0 aliphatic carbocycles. The van der Waals surface area contributed by atoms with Gasteiger partial charge in [0.1, 0.15) is 28.5 Å². The number of thioether (sulfide) groups is 1. The van der Waals surface area contributed by atoms with Crippen molar-refractivity contribution in [2.45, 2.75) is 5.03 Å². The van der Waals surface area contributed by atoms with Gasteiger partial charge in [0, 0.05) is 5.56 Å². The number of carbonyl (C=O) groups is 1. The molecule has 6 nitrogen and oxygen atoms in total. The second-order valence-electron chi connectivity index (χ2n) is 4.20. The molecule has 0 aliphatic rings. The lowest BCUT2D eigenvalue weighted by atomic mass is 9.97. The van der Waals surface area contributed by atoms with Gasteiger partial charge in [0.2, 0.25) is 0 Å². The van der Waals surface area contributed by atoms with Crippen LogP contribution in [0.2, 0.25) is 0 Å². The molecule has 0 bridgehead atoms. The maximum atomic E-state index is 10.7. The fourth-order valence-electron chi connectivity index (χ4n) is 1.93. The van der Waals surface area contributed by atoms with Crippen LogP contribution in [0, 0.1) is 22.7 Å². The number of pyridine rings is 1. The summed E-state index contributed by atoms with van der Waals surface area (Å²) in [5.74, 6) is -1.30. The Morgan fingerprint density at radius 1 is 1.23 bits per heavy atom. The number of carboxylic acids is 1. The molecule has 2 aromatic rings. The highest BCUT2D eigenvalue weighted by atomic mass is 32.2. The number of benzene rings is 1. The van der Waals surface area contributed by atoms with Gasteiger partial charge in [-0.3, -0.25) is 4.79 Å². The van der Waals surface area contributed by atoms with Crippen molar-refractivity contribution in [3.05, 3.63) is 41.5 Å². The van der Waals surface area contributed by atoms with Crippen LogP contribution >= 0.6 is 11.8 Å². The smallest absolute Gasteiger partial charge is 0.313 e. The van der Waals surface area contributed by atoms with E-state index in [0.717, 1.165) is 11.8 Å². The second kappa shape index (κ2) is 6.61. The van der Waals surface area contributed by atoms with Gasteiger partial charge in [-0.15, -0.1) is 0 Å². The maximum Gasteiger partial charge on any atom is 0.313 e. The molecule has 0 unspecified atom stereocenters. The molecule has 0 aliphatic heterocycles.